The summed E-state index contributed by atoms with van der Waals surface area (Å²) in [7, 11) is 1.60. The van der Waals surface area contributed by atoms with Gasteiger partial charge in [-0.3, -0.25) is 9.59 Å². The summed E-state index contributed by atoms with van der Waals surface area (Å²) in [5.74, 6) is -0.893. The lowest BCUT2D eigenvalue weighted by Crippen LogP contribution is -2.02. The third-order valence-corrected chi connectivity index (χ3v) is 2.35. The summed E-state index contributed by atoms with van der Waals surface area (Å²) in [6.07, 6.45) is 0.676. The van der Waals surface area contributed by atoms with Gasteiger partial charge in [-0.2, -0.15) is 0 Å². The van der Waals surface area contributed by atoms with Crippen molar-refractivity contribution in [2.45, 2.75) is 25.9 Å². The number of methoxy groups -OCH3 is 1. The number of ether oxygens (including phenoxy) is 1. The van der Waals surface area contributed by atoms with E-state index in [1.54, 1.807) is 25.3 Å². The molecule has 0 atom stereocenters. The molecule has 92 valence electrons. The molecular weight excluding hydrogens is 220 g/mol. The van der Waals surface area contributed by atoms with Crippen LogP contribution in [-0.2, 0) is 16.1 Å². The van der Waals surface area contributed by atoms with E-state index in [1.807, 2.05) is 6.07 Å². The average molecular weight is 236 g/mol. The minimum atomic E-state index is -0.870. The Morgan fingerprint density at radius 3 is 2.71 bits per heavy atom. The standard InChI is InChI=1S/C13H16O4/c1-17-9-10-4-2-5-11(8-10)12(14)6-3-7-13(15)16/h2,4-5,8H,3,6-7,9H2,1H3,(H,15,16). The van der Waals surface area contributed by atoms with Gasteiger partial charge in [0.15, 0.2) is 5.78 Å². The SMILES string of the molecule is COCc1cccc(C(=O)CCCC(=O)O)c1. The smallest absolute Gasteiger partial charge is 0.303 e. The maximum Gasteiger partial charge on any atom is 0.303 e. The van der Waals surface area contributed by atoms with Crippen molar-refractivity contribution >= 4 is 11.8 Å². The molecule has 0 saturated heterocycles. The number of carboxylic acid groups (broad SMARTS) is 1. The highest BCUT2D eigenvalue weighted by Crippen LogP contribution is 2.10. The van der Waals surface area contributed by atoms with Gasteiger partial charge in [0, 0.05) is 25.5 Å². The molecule has 0 bridgehead atoms. The molecule has 4 heteroatoms. The van der Waals surface area contributed by atoms with Gasteiger partial charge in [0.2, 0.25) is 0 Å². The van der Waals surface area contributed by atoms with Crippen LogP contribution in [-0.4, -0.2) is 24.0 Å². The number of hydrogen-bond donors (Lipinski definition) is 1. The van der Waals surface area contributed by atoms with E-state index in [0.29, 0.717) is 18.6 Å². The number of carbonyl (C=O) groups is 2. The van der Waals surface area contributed by atoms with Crippen molar-refractivity contribution < 1.29 is 19.4 Å². The summed E-state index contributed by atoms with van der Waals surface area (Å²) >= 11 is 0. The van der Waals surface area contributed by atoms with E-state index in [4.69, 9.17) is 9.84 Å². The number of carbonyl (C=O) groups excluding carboxylic acids is 1. The Bertz CT molecular complexity index is 398. The Hall–Kier alpha value is -1.68. The van der Waals surface area contributed by atoms with Crippen molar-refractivity contribution in [3.8, 4) is 0 Å². The van der Waals surface area contributed by atoms with Crippen LogP contribution < -0.4 is 0 Å². The van der Waals surface area contributed by atoms with Crippen LogP contribution in [0.5, 0.6) is 0 Å². The highest BCUT2D eigenvalue weighted by Gasteiger charge is 2.07. The van der Waals surface area contributed by atoms with Crippen LogP contribution in [0.1, 0.15) is 35.2 Å². The highest BCUT2D eigenvalue weighted by molar-refractivity contribution is 5.96. The van der Waals surface area contributed by atoms with Crippen LogP contribution in [0.4, 0.5) is 0 Å². The third kappa shape index (κ3) is 4.78. The number of rotatable bonds is 7. The normalized spacial score (nSPS) is 10.2. The Balaban J connectivity index is 2.56. The second-order valence-electron chi connectivity index (χ2n) is 3.80. The fourth-order valence-corrected chi connectivity index (χ4v) is 1.55. The minimum Gasteiger partial charge on any atom is -0.481 e. The topological polar surface area (TPSA) is 63.6 Å². The molecule has 0 spiro atoms. The van der Waals surface area contributed by atoms with Crippen molar-refractivity contribution in [3.05, 3.63) is 35.4 Å². The zero-order chi connectivity index (χ0) is 12.7. The Labute approximate surface area is 100 Å². The molecule has 0 unspecified atom stereocenters. The van der Waals surface area contributed by atoms with E-state index in [-0.39, 0.29) is 18.6 Å². The molecule has 0 saturated carbocycles. The molecule has 0 amide bonds. The number of ketones is 1. The number of Topliss-reactive ketones (excluding diaryl/α,β-unsaturated/α-hetero) is 1. The van der Waals surface area contributed by atoms with Gasteiger partial charge in [0.1, 0.15) is 0 Å². The fourth-order valence-electron chi connectivity index (χ4n) is 1.55. The van der Waals surface area contributed by atoms with Crippen LogP contribution in [0.2, 0.25) is 0 Å². The van der Waals surface area contributed by atoms with Crippen molar-refractivity contribution in [1.82, 2.24) is 0 Å². The van der Waals surface area contributed by atoms with Gasteiger partial charge in [-0.15, -0.1) is 0 Å². The molecule has 0 radical (unpaired) electrons. The van der Waals surface area contributed by atoms with Gasteiger partial charge in [-0.25, -0.2) is 0 Å². The second-order valence-corrected chi connectivity index (χ2v) is 3.80. The molecule has 1 aromatic carbocycles. The lowest BCUT2D eigenvalue weighted by atomic mass is 10.0. The van der Waals surface area contributed by atoms with Gasteiger partial charge >= 0.3 is 5.97 Å². The first-order valence-corrected chi connectivity index (χ1v) is 5.46. The summed E-state index contributed by atoms with van der Waals surface area (Å²) in [6.45, 7) is 0.468. The van der Waals surface area contributed by atoms with Crippen molar-refractivity contribution in [1.29, 1.82) is 0 Å². The van der Waals surface area contributed by atoms with Crippen molar-refractivity contribution in [2.24, 2.45) is 0 Å². The summed E-state index contributed by atoms with van der Waals surface area (Å²) in [6, 6.07) is 7.21. The molecular formula is C13H16O4. The molecule has 17 heavy (non-hydrogen) atoms. The lowest BCUT2D eigenvalue weighted by molar-refractivity contribution is -0.137. The largest absolute Gasteiger partial charge is 0.481 e. The van der Waals surface area contributed by atoms with Crippen molar-refractivity contribution in [3.63, 3.8) is 0 Å². The third-order valence-electron chi connectivity index (χ3n) is 2.35. The quantitative estimate of drug-likeness (QED) is 0.737. The van der Waals surface area contributed by atoms with E-state index in [2.05, 4.69) is 0 Å². The Morgan fingerprint density at radius 2 is 2.06 bits per heavy atom. The van der Waals surface area contributed by atoms with Crippen molar-refractivity contribution in [2.75, 3.05) is 7.11 Å². The van der Waals surface area contributed by atoms with E-state index in [0.717, 1.165) is 5.56 Å². The molecule has 1 N–H and O–H groups in total. The maximum absolute atomic E-state index is 11.7. The summed E-state index contributed by atoms with van der Waals surface area (Å²) < 4.78 is 4.99. The first kappa shape index (κ1) is 13.4. The van der Waals surface area contributed by atoms with Gasteiger partial charge < -0.3 is 9.84 Å². The molecule has 0 aliphatic heterocycles. The number of aliphatic carboxylic acids is 1. The molecule has 1 aromatic rings. The van der Waals surface area contributed by atoms with Crippen LogP contribution in [0.15, 0.2) is 24.3 Å². The summed E-state index contributed by atoms with van der Waals surface area (Å²) in [4.78, 5) is 22.1. The lowest BCUT2D eigenvalue weighted by Gasteiger charge is -2.03. The molecule has 0 aromatic heterocycles. The van der Waals surface area contributed by atoms with Crippen LogP contribution in [0.25, 0.3) is 0 Å². The van der Waals surface area contributed by atoms with E-state index >= 15 is 0 Å². The van der Waals surface area contributed by atoms with Gasteiger partial charge in [-0.1, -0.05) is 18.2 Å². The number of hydrogen-bond acceptors (Lipinski definition) is 3. The van der Waals surface area contributed by atoms with Crippen LogP contribution >= 0.6 is 0 Å². The minimum absolute atomic E-state index is 0.0239. The predicted molar refractivity (Wildman–Crippen MR) is 63.0 cm³/mol. The maximum atomic E-state index is 11.7. The van der Waals surface area contributed by atoms with Gasteiger partial charge in [0.05, 0.1) is 6.61 Å². The number of benzene rings is 1. The molecule has 0 aliphatic carbocycles. The Morgan fingerprint density at radius 1 is 1.29 bits per heavy atom. The molecule has 0 heterocycles. The summed E-state index contributed by atoms with van der Waals surface area (Å²) in [5, 5.41) is 8.48. The zero-order valence-electron chi connectivity index (χ0n) is 9.81. The fraction of sp³-hybridized carbons (Fsp3) is 0.385. The monoisotopic (exact) mass is 236 g/mol. The highest BCUT2D eigenvalue weighted by atomic mass is 16.5. The average Bonchev–Trinajstić information content (AvgIpc) is 2.29. The molecule has 1 rings (SSSR count). The second kappa shape index (κ2) is 6.81. The molecule has 0 fully saturated rings. The number of carboxylic acids is 1. The van der Waals surface area contributed by atoms with E-state index in [1.165, 1.54) is 0 Å². The summed E-state index contributed by atoms with van der Waals surface area (Å²) in [5.41, 5.74) is 1.56. The van der Waals surface area contributed by atoms with E-state index < -0.39 is 5.97 Å². The van der Waals surface area contributed by atoms with E-state index in [9.17, 15) is 9.59 Å². The zero-order valence-corrected chi connectivity index (χ0v) is 9.81. The molecule has 4 nitrogen and oxygen atoms in total. The van der Waals surface area contributed by atoms with Crippen LogP contribution in [0.3, 0.4) is 0 Å². The first-order valence-electron chi connectivity index (χ1n) is 5.46. The van der Waals surface area contributed by atoms with Gasteiger partial charge in [-0.05, 0) is 18.1 Å². The van der Waals surface area contributed by atoms with Crippen LogP contribution in [0, 0.1) is 0 Å². The molecule has 0 aliphatic rings. The first-order chi connectivity index (χ1) is 8.13. The Kier molecular flexibility index (Phi) is 5.36. The van der Waals surface area contributed by atoms with Gasteiger partial charge in [0.25, 0.3) is 0 Å². The predicted octanol–water partition coefficient (Wildman–Crippen LogP) is 2.27.